The molecule has 0 atom stereocenters. The Hall–Kier alpha value is -0.890. The van der Waals surface area contributed by atoms with Crippen molar-refractivity contribution < 1.29 is 0 Å². The van der Waals surface area contributed by atoms with Gasteiger partial charge in [-0.2, -0.15) is 0 Å². The first-order chi connectivity index (χ1) is 6.43. The van der Waals surface area contributed by atoms with Crippen LogP contribution in [0, 0.1) is 0 Å². The van der Waals surface area contributed by atoms with Gasteiger partial charge in [0.2, 0.25) is 0 Å². The maximum atomic E-state index is 4.28. The maximum absolute atomic E-state index is 4.28. The number of hydrogen-bond donors (Lipinski definition) is 1. The molecule has 0 aliphatic carbocycles. The van der Waals surface area contributed by atoms with Gasteiger partial charge in [-0.1, -0.05) is 13.0 Å². The Balaban J connectivity index is 2.07. The molecule has 0 amide bonds. The van der Waals surface area contributed by atoms with Crippen molar-refractivity contribution in [1.29, 1.82) is 0 Å². The van der Waals surface area contributed by atoms with Gasteiger partial charge in [0, 0.05) is 11.9 Å². The normalized spacial score (nSPS) is 10.2. The van der Waals surface area contributed by atoms with Crippen LogP contribution in [0.5, 0.6) is 0 Å². The predicted octanol–water partition coefficient (Wildman–Crippen LogP) is 2.01. The van der Waals surface area contributed by atoms with E-state index in [4.69, 9.17) is 0 Å². The van der Waals surface area contributed by atoms with Crippen LogP contribution in [-0.4, -0.2) is 18.1 Å². The second kappa shape index (κ2) is 6.61. The van der Waals surface area contributed by atoms with Crippen molar-refractivity contribution in [3.8, 4) is 0 Å². The summed E-state index contributed by atoms with van der Waals surface area (Å²) in [6.07, 6.45) is 5.43. The van der Waals surface area contributed by atoms with Gasteiger partial charge < -0.3 is 5.32 Å². The number of aromatic nitrogens is 1. The molecule has 0 radical (unpaired) electrons. The summed E-state index contributed by atoms with van der Waals surface area (Å²) in [7, 11) is 0. The number of pyridine rings is 1. The highest BCUT2D eigenvalue weighted by Crippen LogP contribution is 1.99. The van der Waals surface area contributed by atoms with E-state index in [2.05, 4.69) is 23.3 Å². The number of aryl methyl sites for hydroxylation is 1. The lowest BCUT2D eigenvalue weighted by Crippen LogP contribution is -2.13. The standard InChI is InChI=1S/C11H18N2/c1-2-12-9-5-3-7-11-8-4-6-10-13-11/h4,6,8,10,12H,2-3,5,7,9H2,1H3. The second-order valence-corrected chi connectivity index (χ2v) is 3.13. The molecule has 0 spiro atoms. The summed E-state index contributed by atoms with van der Waals surface area (Å²) < 4.78 is 0. The molecule has 0 bridgehead atoms. The number of unbranched alkanes of at least 4 members (excludes halogenated alkanes) is 1. The third kappa shape index (κ3) is 4.63. The van der Waals surface area contributed by atoms with Crippen LogP contribution >= 0.6 is 0 Å². The fourth-order valence-corrected chi connectivity index (χ4v) is 1.28. The van der Waals surface area contributed by atoms with Crippen molar-refractivity contribution in [2.24, 2.45) is 0 Å². The Morgan fingerprint density at radius 1 is 1.31 bits per heavy atom. The molecule has 0 unspecified atom stereocenters. The molecule has 0 saturated carbocycles. The van der Waals surface area contributed by atoms with E-state index in [0.717, 1.165) is 19.5 Å². The first kappa shape index (κ1) is 10.2. The molecule has 0 aromatic carbocycles. The summed E-state index contributed by atoms with van der Waals surface area (Å²) in [6, 6.07) is 6.10. The van der Waals surface area contributed by atoms with E-state index in [1.165, 1.54) is 18.5 Å². The second-order valence-electron chi connectivity index (χ2n) is 3.13. The predicted molar refractivity (Wildman–Crippen MR) is 55.7 cm³/mol. The molecule has 72 valence electrons. The van der Waals surface area contributed by atoms with Gasteiger partial charge in [-0.05, 0) is 44.5 Å². The first-order valence-corrected chi connectivity index (χ1v) is 5.04. The largest absolute Gasteiger partial charge is 0.317 e. The Bertz CT molecular complexity index is 209. The lowest BCUT2D eigenvalue weighted by molar-refractivity contribution is 0.637. The van der Waals surface area contributed by atoms with Gasteiger partial charge in [-0.15, -0.1) is 0 Å². The van der Waals surface area contributed by atoms with E-state index in [9.17, 15) is 0 Å². The number of nitrogens with zero attached hydrogens (tertiary/aromatic N) is 1. The fourth-order valence-electron chi connectivity index (χ4n) is 1.28. The van der Waals surface area contributed by atoms with Gasteiger partial charge >= 0.3 is 0 Å². The smallest absolute Gasteiger partial charge is 0.0403 e. The van der Waals surface area contributed by atoms with Crippen LogP contribution in [0.3, 0.4) is 0 Å². The molecular weight excluding hydrogens is 160 g/mol. The van der Waals surface area contributed by atoms with E-state index in [-0.39, 0.29) is 0 Å². The van der Waals surface area contributed by atoms with Gasteiger partial charge in [0.25, 0.3) is 0 Å². The number of rotatable bonds is 6. The third-order valence-corrected chi connectivity index (χ3v) is 2.01. The maximum Gasteiger partial charge on any atom is 0.0403 e. The Morgan fingerprint density at radius 2 is 2.23 bits per heavy atom. The van der Waals surface area contributed by atoms with Gasteiger partial charge in [0.1, 0.15) is 0 Å². The van der Waals surface area contributed by atoms with Crippen molar-refractivity contribution in [2.45, 2.75) is 26.2 Å². The summed E-state index contributed by atoms with van der Waals surface area (Å²) in [5.74, 6) is 0. The molecule has 1 rings (SSSR count). The quantitative estimate of drug-likeness (QED) is 0.674. The Kier molecular flexibility index (Phi) is 5.18. The summed E-state index contributed by atoms with van der Waals surface area (Å²) in [5.41, 5.74) is 1.21. The topological polar surface area (TPSA) is 24.9 Å². The van der Waals surface area contributed by atoms with Crippen LogP contribution in [0.25, 0.3) is 0 Å². The highest BCUT2D eigenvalue weighted by atomic mass is 14.8. The SMILES string of the molecule is CCNCCCCc1ccccn1. The van der Waals surface area contributed by atoms with Gasteiger partial charge in [0.05, 0.1) is 0 Å². The van der Waals surface area contributed by atoms with Crippen molar-refractivity contribution in [1.82, 2.24) is 10.3 Å². The molecule has 2 heteroatoms. The highest BCUT2D eigenvalue weighted by molar-refractivity contribution is 5.03. The van der Waals surface area contributed by atoms with Crippen LogP contribution in [0.15, 0.2) is 24.4 Å². The minimum atomic E-state index is 1.07. The van der Waals surface area contributed by atoms with Gasteiger partial charge in [0.15, 0.2) is 0 Å². The van der Waals surface area contributed by atoms with Crippen molar-refractivity contribution >= 4 is 0 Å². The van der Waals surface area contributed by atoms with Crippen molar-refractivity contribution in [3.63, 3.8) is 0 Å². The van der Waals surface area contributed by atoms with E-state index in [1.807, 2.05) is 18.3 Å². The molecule has 1 aromatic rings. The molecule has 1 aromatic heterocycles. The zero-order valence-corrected chi connectivity index (χ0v) is 8.29. The first-order valence-electron chi connectivity index (χ1n) is 5.04. The minimum Gasteiger partial charge on any atom is -0.317 e. The lowest BCUT2D eigenvalue weighted by atomic mass is 10.2. The third-order valence-electron chi connectivity index (χ3n) is 2.01. The van der Waals surface area contributed by atoms with E-state index >= 15 is 0 Å². The Morgan fingerprint density at radius 3 is 2.92 bits per heavy atom. The molecule has 0 saturated heterocycles. The lowest BCUT2D eigenvalue weighted by Gasteiger charge is -2.01. The molecule has 0 fully saturated rings. The van der Waals surface area contributed by atoms with E-state index < -0.39 is 0 Å². The fraction of sp³-hybridized carbons (Fsp3) is 0.545. The molecule has 13 heavy (non-hydrogen) atoms. The van der Waals surface area contributed by atoms with E-state index in [1.54, 1.807) is 0 Å². The summed E-state index contributed by atoms with van der Waals surface area (Å²) in [5, 5.41) is 3.31. The molecule has 1 heterocycles. The van der Waals surface area contributed by atoms with Crippen LogP contribution < -0.4 is 5.32 Å². The van der Waals surface area contributed by atoms with Crippen LogP contribution in [0.2, 0.25) is 0 Å². The monoisotopic (exact) mass is 178 g/mol. The van der Waals surface area contributed by atoms with Gasteiger partial charge in [-0.25, -0.2) is 0 Å². The van der Waals surface area contributed by atoms with E-state index in [0.29, 0.717) is 0 Å². The van der Waals surface area contributed by atoms with Crippen LogP contribution in [0.1, 0.15) is 25.5 Å². The van der Waals surface area contributed by atoms with Crippen LogP contribution in [0.4, 0.5) is 0 Å². The van der Waals surface area contributed by atoms with Gasteiger partial charge in [-0.3, -0.25) is 4.98 Å². The Labute approximate surface area is 80.4 Å². The summed E-state index contributed by atoms with van der Waals surface area (Å²) in [4.78, 5) is 4.28. The average molecular weight is 178 g/mol. The van der Waals surface area contributed by atoms with Crippen molar-refractivity contribution in [3.05, 3.63) is 30.1 Å². The molecule has 1 N–H and O–H groups in total. The molecular formula is C11H18N2. The zero-order chi connectivity index (χ0) is 9.36. The molecule has 0 aliphatic heterocycles. The van der Waals surface area contributed by atoms with Crippen LogP contribution in [-0.2, 0) is 6.42 Å². The molecule has 0 aliphatic rings. The average Bonchev–Trinajstić information content (AvgIpc) is 2.19. The summed E-state index contributed by atoms with van der Waals surface area (Å²) in [6.45, 7) is 4.34. The molecule has 2 nitrogen and oxygen atoms in total. The zero-order valence-electron chi connectivity index (χ0n) is 8.29. The van der Waals surface area contributed by atoms with Crippen molar-refractivity contribution in [2.75, 3.05) is 13.1 Å². The minimum absolute atomic E-state index is 1.07. The highest BCUT2D eigenvalue weighted by Gasteiger charge is 1.92. The number of hydrogen-bond acceptors (Lipinski definition) is 2. The number of nitrogens with one attached hydrogen (secondary N) is 1. The summed E-state index contributed by atoms with van der Waals surface area (Å²) >= 11 is 0.